The van der Waals surface area contributed by atoms with Crippen molar-refractivity contribution in [3.05, 3.63) is 17.5 Å². The smallest absolute Gasteiger partial charge is 0.233 e. The minimum absolute atomic E-state index is 0.103. The van der Waals surface area contributed by atoms with Gasteiger partial charge in [0.15, 0.2) is 0 Å². The predicted molar refractivity (Wildman–Crippen MR) is 79.6 cm³/mol. The quantitative estimate of drug-likeness (QED) is 0.774. The standard InChI is InChI=1S/C13H22N4OS/c1-5-13(6-2,11(14)19)12(18)15-7-10-8-17(4)16-9(10)3/h8H,5-7H2,1-4H3,(H2,14,19)(H,15,18). The number of nitrogens with zero attached hydrogens (tertiary/aromatic N) is 2. The number of nitrogens with one attached hydrogen (secondary N) is 1. The zero-order valence-electron chi connectivity index (χ0n) is 12.0. The second kappa shape index (κ2) is 6.14. The van der Waals surface area contributed by atoms with E-state index in [9.17, 15) is 4.79 Å². The second-order valence-electron chi connectivity index (χ2n) is 4.75. The summed E-state index contributed by atoms with van der Waals surface area (Å²) in [5, 5.41) is 7.16. The predicted octanol–water partition coefficient (Wildman–Crippen LogP) is 1.44. The zero-order valence-corrected chi connectivity index (χ0v) is 12.8. The molecule has 0 saturated heterocycles. The summed E-state index contributed by atoms with van der Waals surface area (Å²) in [5.41, 5.74) is 6.92. The first-order valence-electron chi connectivity index (χ1n) is 6.44. The Bertz CT molecular complexity index is 477. The van der Waals surface area contributed by atoms with Crippen molar-refractivity contribution in [2.75, 3.05) is 0 Å². The number of carbonyl (C=O) groups excluding carboxylic acids is 1. The monoisotopic (exact) mass is 282 g/mol. The van der Waals surface area contributed by atoms with Crippen LogP contribution in [0.15, 0.2) is 6.20 Å². The number of carbonyl (C=O) groups is 1. The van der Waals surface area contributed by atoms with Crippen molar-refractivity contribution in [3.8, 4) is 0 Å². The first-order valence-corrected chi connectivity index (χ1v) is 6.85. The fraction of sp³-hybridized carbons (Fsp3) is 0.615. The third kappa shape index (κ3) is 3.12. The highest BCUT2D eigenvalue weighted by Gasteiger charge is 2.37. The van der Waals surface area contributed by atoms with Gasteiger partial charge in [0.05, 0.1) is 16.1 Å². The van der Waals surface area contributed by atoms with Crippen molar-refractivity contribution in [1.82, 2.24) is 15.1 Å². The van der Waals surface area contributed by atoms with Crippen LogP contribution in [-0.4, -0.2) is 20.7 Å². The Balaban J connectivity index is 2.79. The molecule has 0 aliphatic rings. The molecule has 1 heterocycles. The zero-order chi connectivity index (χ0) is 14.6. The van der Waals surface area contributed by atoms with Gasteiger partial charge in [-0.1, -0.05) is 26.1 Å². The van der Waals surface area contributed by atoms with Gasteiger partial charge in [0, 0.05) is 25.4 Å². The van der Waals surface area contributed by atoms with Crippen LogP contribution in [0.5, 0.6) is 0 Å². The van der Waals surface area contributed by atoms with Crippen LogP contribution in [0.1, 0.15) is 37.9 Å². The SMILES string of the molecule is CCC(CC)(C(=O)NCc1cn(C)nc1C)C(N)=S. The van der Waals surface area contributed by atoms with E-state index in [1.807, 2.05) is 34.0 Å². The Hall–Kier alpha value is -1.43. The van der Waals surface area contributed by atoms with E-state index in [4.69, 9.17) is 18.0 Å². The topological polar surface area (TPSA) is 72.9 Å². The van der Waals surface area contributed by atoms with Crippen LogP contribution in [0.2, 0.25) is 0 Å². The Morgan fingerprint density at radius 3 is 2.47 bits per heavy atom. The van der Waals surface area contributed by atoms with E-state index in [2.05, 4.69) is 10.4 Å². The van der Waals surface area contributed by atoms with Gasteiger partial charge in [-0.05, 0) is 19.8 Å². The molecule has 1 amide bonds. The molecule has 3 N–H and O–H groups in total. The molecule has 0 atom stereocenters. The lowest BCUT2D eigenvalue weighted by atomic mass is 9.81. The van der Waals surface area contributed by atoms with Crippen molar-refractivity contribution in [2.45, 2.75) is 40.2 Å². The third-order valence-electron chi connectivity index (χ3n) is 3.67. The third-order valence-corrected chi connectivity index (χ3v) is 4.06. The number of rotatable bonds is 6. The molecule has 1 aromatic rings. The number of hydrogen-bond donors (Lipinski definition) is 2. The van der Waals surface area contributed by atoms with Gasteiger partial charge in [-0.25, -0.2) is 0 Å². The fourth-order valence-corrected chi connectivity index (χ4v) is 2.58. The lowest BCUT2D eigenvalue weighted by Gasteiger charge is -2.28. The lowest BCUT2D eigenvalue weighted by Crippen LogP contribution is -2.48. The maximum absolute atomic E-state index is 12.4. The molecule has 0 fully saturated rings. The number of nitrogens with two attached hydrogens (primary N) is 1. The Labute approximate surface area is 119 Å². The number of aryl methyl sites for hydroxylation is 2. The molecular weight excluding hydrogens is 260 g/mol. The Morgan fingerprint density at radius 2 is 2.11 bits per heavy atom. The van der Waals surface area contributed by atoms with Gasteiger partial charge in [0.25, 0.3) is 0 Å². The van der Waals surface area contributed by atoms with E-state index < -0.39 is 5.41 Å². The maximum Gasteiger partial charge on any atom is 0.233 e. The number of amides is 1. The molecule has 0 aliphatic heterocycles. The summed E-state index contributed by atoms with van der Waals surface area (Å²) in [6.07, 6.45) is 3.11. The molecule has 0 bridgehead atoms. The molecule has 0 unspecified atom stereocenters. The van der Waals surface area contributed by atoms with Gasteiger partial charge in [0.1, 0.15) is 0 Å². The highest BCUT2D eigenvalue weighted by atomic mass is 32.1. The van der Waals surface area contributed by atoms with E-state index in [0.717, 1.165) is 11.3 Å². The van der Waals surface area contributed by atoms with Gasteiger partial charge >= 0.3 is 0 Å². The van der Waals surface area contributed by atoms with Gasteiger partial charge in [0.2, 0.25) is 5.91 Å². The Morgan fingerprint density at radius 1 is 1.53 bits per heavy atom. The molecule has 1 rings (SSSR count). The van der Waals surface area contributed by atoms with Gasteiger partial charge < -0.3 is 11.1 Å². The maximum atomic E-state index is 12.4. The van der Waals surface area contributed by atoms with Gasteiger partial charge in [-0.3, -0.25) is 9.48 Å². The second-order valence-corrected chi connectivity index (χ2v) is 5.19. The van der Waals surface area contributed by atoms with Crippen LogP contribution in [0.3, 0.4) is 0 Å². The molecule has 19 heavy (non-hydrogen) atoms. The van der Waals surface area contributed by atoms with Crippen molar-refractivity contribution < 1.29 is 4.79 Å². The molecule has 1 aromatic heterocycles. The summed E-state index contributed by atoms with van der Waals surface area (Å²) in [5.74, 6) is -0.103. The van der Waals surface area contributed by atoms with E-state index in [1.165, 1.54) is 0 Å². The summed E-state index contributed by atoms with van der Waals surface area (Å²) < 4.78 is 1.73. The fourth-order valence-electron chi connectivity index (χ4n) is 2.20. The lowest BCUT2D eigenvalue weighted by molar-refractivity contribution is -0.128. The van der Waals surface area contributed by atoms with Crippen LogP contribution in [0.4, 0.5) is 0 Å². The minimum Gasteiger partial charge on any atom is -0.392 e. The summed E-state index contributed by atoms with van der Waals surface area (Å²) >= 11 is 5.06. The molecule has 0 radical (unpaired) electrons. The average molecular weight is 282 g/mol. The molecule has 5 nitrogen and oxygen atoms in total. The first-order chi connectivity index (χ1) is 8.87. The molecule has 0 saturated carbocycles. The normalized spacial score (nSPS) is 11.4. The summed E-state index contributed by atoms with van der Waals surface area (Å²) in [7, 11) is 1.86. The average Bonchev–Trinajstić information content (AvgIpc) is 2.67. The summed E-state index contributed by atoms with van der Waals surface area (Å²) in [6.45, 7) is 6.22. The Kier molecular flexibility index (Phi) is 5.05. The number of aromatic nitrogens is 2. The van der Waals surface area contributed by atoms with E-state index in [0.29, 0.717) is 19.4 Å². The van der Waals surface area contributed by atoms with Crippen molar-refractivity contribution in [2.24, 2.45) is 18.2 Å². The van der Waals surface area contributed by atoms with Crippen LogP contribution in [-0.2, 0) is 18.4 Å². The summed E-state index contributed by atoms with van der Waals surface area (Å²) in [4.78, 5) is 12.6. The van der Waals surface area contributed by atoms with Crippen LogP contribution in [0, 0.1) is 12.3 Å². The number of thiocarbonyl (C=S) groups is 1. The van der Waals surface area contributed by atoms with E-state index in [1.54, 1.807) is 4.68 Å². The highest BCUT2D eigenvalue weighted by Crippen LogP contribution is 2.27. The highest BCUT2D eigenvalue weighted by molar-refractivity contribution is 7.80. The molecule has 106 valence electrons. The van der Waals surface area contributed by atoms with Gasteiger partial charge in [-0.2, -0.15) is 5.10 Å². The van der Waals surface area contributed by atoms with Crippen molar-refractivity contribution in [1.29, 1.82) is 0 Å². The molecule has 6 heteroatoms. The van der Waals surface area contributed by atoms with E-state index in [-0.39, 0.29) is 10.9 Å². The van der Waals surface area contributed by atoms with Crippen LogP contribution < -0.4 is 11.1 Å². The van der Waals surface area contributed by atoms with Gasteiger partial charge in [-0.15, -0.1) is 0 Å². The molecular formula is C13H22N4OS. The molecule has 0 aromatic carbocycles. The largest absolute Gasteiger partial charge is 0.392 e. The van der Waals surface area contributed by atoms with Crippen LogP contribution >= 0.6 is 12.2 Å². The first kappa shape index (κ1) is 15.6. The molecule has 0 spiro atoms. The summed E-state index contributed by atoms with van der Waals surface area (Å²) in [6, 6.07) is 0. The van der Waals surface area contributed by atoms with Crippen LogP contribution in [0.25, 0.3) is 0 Å². The van der Waals surface area contributed by atoms with Crippen molar-refractivity contribution in [3.63, 3.8) is 0 Å². The minimum atomic E-state index is -0.745. The van der Waals surface area contributed by atoms with Crippen molar-refractivity contribution >= 4 is 23.1 Å². The molecule has 0 aliphatic carbocycles. The number of hydrogen-bond acceptors (Lipinski definition) is 3. The van der Waals surface area contributed by atoms with E-state index >= 15 is 0 Å².